The number of aryl methyl sites for hydroxylation is 1. The second kappa shape index (κ2) is 8.04. The van der Waals surface area contributed by atoms with E-state index in [2.05, 4.69) is 47.3 Å². The molecule has 2 N–H and O–H groups in total. The summed E-state index contributed by atoms with van der Waals surface area (Å²) in [5.41, 5.74) is 2.59. The molecule has 5 heterocycles. The summed E-state index contributed by atoms with van der Waals surface area (Å²) >= 11 is 3.42. The number of pyridine rings is 1. The average molecular weight is 528 g/mol. The molecule has 178 valence electrons. The molecule has 2 aromatic rings. The number of benzene rings is 1. The Morgan fingerprint density at radius 2 is 2.18 bits per heavy atom. The maximum atomic E-state index is 15.8. The van der Waals surface area contributed by atoms with Crippen LogP contribution in [0.15, 0.2) is 10.5 Å². The predicted octanol–water partition coefficient (Wildman–Crippen LogP) is 2.46. The van der Waals surface area contributed by atoms with Crippen LogP contribution in [0.2, 0.25) is 0 Å². The first-order valence-electron chi connectivity index (χ1n) is 11.8. The number of hydrogen-bond acceptors (Lipinski definition) is 7. The van der Waals surface area contributed by atoms with Crippen molar-refractivity contribution in [1.82, 2.24) is 15.2 Å². The Labute approximate surface area is 206 Å². The van der Waals surface area contributed by atoms with E-state index in [-0.39, 0.29) is 18.5 Å². The molecule has 4 fully saturated rings. The maximum absolute atomic E-state index is 15.8. The van der Waals surface area contributed by atoms with Gasteiger partial charge in [0.15, 0.2) is 11.6 Å². The lowest BCUT2D eigenvalue weighted by Gasteiger charge is -2.48. The van der Waals surface area contributed by atoms with Crippen LogP contribution < -0.4 is 20.4 Å². The molecular formula is C24H27BrFN7O. The van der Waals surface area contributed by atoms with Crippen LogP contribution in [-0.4, -0.2) is 74.2 Å². The summed E-state index contributed by atoms with van der Waals surface area (Å²) in [4.78, 5) is 24.2. The van der Waals surface area contributed by atoms with Gasteiger partial charge in [0.2, 0.25) is 5.91 Å². The van der Waals surface area contributed by atoms with Gasteiger partial charge in [-0.1, -0.05) is 0 Å². The first kappa shape index (κ1) is 22.0. The van der Waals surface area contributed by atoms with E-state index in [4.69, 9.17) is 10.2 Å². The van der Waals surface area contributed by atoms with Crippen LogP contribution in [0.3, 0.4) is 0 Å². The highest BCUT2D eigenvalue weighted by molar-refractivity contribution is 9.10. The number of likely N-dealkylation sites (N-methyl/N-ethyl adjacent to an activating group) is 1. The van der Waals surface area contributed by atoms with Crippen LogP contribution in [0.5, 0.6) is 0 Å². The molecule has 2 bridgehead atoms. The maximum Gasteiger partial charge on any atom is 0.244 e. The van der Waals surface area contributed by atoms with Gasteiger partial charge in [0, 0.05) is 49.6 Å². The lowest BCUT2D eigenvalue weighted by atomic mass is 9.78. The normalized spacial score (nSPS) is 25.8. The highest BCUT2D eigenvalue weighted by Crippen LogP contribution is 2.50. The minimum Gasteiger partial charge on any atom is -0.355 e. The molecular weight excluding hydrogens is 501 g/mol. The van der Waals surface area contributed by atoms with Crippen LogP contribution in [0, 0.1) is 23.1 Å². The number of carbonyl (C=O) groups excluding carboxylic acids is 1. The number of carbonyl (C=O) groups is 1. The molecule has 1 saturated carbocycles. The van der Waals surface area contributed by atoms with Gasteiger partial charge in [0.25, 0.3) is 0 Å². The summed E-state index contributed by atoms with van der Waals surface area (Å²) in [6.07, 6.45) is 1.85. The Morgan fingerprint density at radius 1 is 1.38 bits per heavy atom. The molecule has 4 aliphatic heterocycles. The van der Waals surface area contributed by atoms with Crippen molar-refractivity contribution in [3.8, 4) is 6.07 Å². The molecule has 1 aromatic carbocycles. The molecule has 5 aliphatic rings. The molecule has 3 unspecified atom stereocenters. The fraction of sp³-hybridized carbons (Fsp3) is 0.542. The summed E-state index contributed by atoms with van der Waals surface area (Å²) in [5.74, 6) is 0.642. The van der Waals surface area contributed by atoms with Crippen molar-refractivity contribution >= 4 is 49.9 Å². The SMILES string of the molecule is CN(C)C1CN(c2nc3c(F)c(Br)c(CCC#N)cc3c3c2NC(=O)CN3C2C3CNC2C3)C1. The van der Waals surface area contributed by atoms with Crippen LogP contribution in [0.25, 0.3) is 10.9 Å². The lowest BCUT2D eigenvalue weighted by Crippen LogP contribution is -2.59. The Kier molecular flexibility index (Phi) is 5.20. The zero-order valence-corrected chi connectivity index (χ0v) is 20.8. The third-order valence-corrected chi connectivity index (χ3v) is 8.76. The summed E-state index contributed by atoms with van der Waals surface area (Å²) in [7, 11) is 4.10. The largest absolute Gasteiger partial charge is 0.355 e. The van der Waals surface area contributed by atoms with E-state index in [1.807, 2.05) is 20.2 Å². The summed E-state index contributed by atoms with van der Waals surface area (Å²) in [6, 6.07) is 5.05. The topological polar surface area (TPSA) is 87.5 Å². The van der Waals surface area contributed by atoms with Gasteiger partial charge in [0.1, 0.15) is 11.2 Å². The fourth-order valence-electron chi connectivity index (χ4n) is 5.92. The van der Waals surface area contributed by atoms with Crippen molar-refractivity contribution in [2.75, 3.05) is 55.4 Å². The highest BCUT2D eigenvalue weighted by atomic mass is 79.9. The van der Waals surface area contributed by atoms with Gasteiger partial charge in [-0.05, 0) is 60.4 Å². The second-order valence-corrected chi connectivity index (χ2v) is 10.9. The molecule has 3 atom stereocenters. The van der Waals surface area contributed by atoms with Gasteiger partial charge < -0.3 is 25.3 Å². The van der Waals surface area contributed by atoms with Crippen molar-refractivity contribution in [1.29, 1.82) is 5.26 Å². The highest BCUT2D eigenvalue weighted by Gasteiger charge is 2.52. The van der Waals surface area contributed by atoms with E-state index in [1.54, 1.807) is 0 Å². The van der Waals surface area contributed by atoms with Crippen molar-refractivity contribution in [3.05, 3.63) is 21.9 Å². The monoisotopic (exact) mass is 527 g/mol. The number of rotatable bonds is 5. The van der Waals surface area contributed by atoms with E-state index < -0.39 is 5.82 Å². The van der Waals surface area contributed by atoms with E-state index in [0.717, 1.165) is 37.3 Å². The molecule has 10 heteroatoms. The van der Waals surface area contributed by atoms with Crippen molar-refractivity contribution in [3.63, 3.8) is 0 Å². The van der Waals surface area contributed by atoms with Gasteiger partial charge in [-0.15, -0.1) is 0 Å². The van der Waals surface area contributed by atoms with Gasteiger partial charge in [-0.3, -0.25) is 4.79 Å². The first-order chi connectivity index (χ1) is 16.4. The Hall–Kier alpha value is -2.48. The van der Waals surface area contributed by atoms with Crippen LogP contribution in [0.4, 0.5) is 21.6 Å². The van der Waals surface area contributed by atoms with Crippen molar-refractivity contribution < 1.29 is 9.18 Å². The minimum atomic E-state index is -0.411. The molecule has 3 saturated heterocycles. The molecule has 34 heavy (non-hydrogen) atoms. The lowest BCUT2D eigenvalue weighted by molar-refractivity contribution is -0.115. The van der Waals surface area contributed by atoms with Gasteiger partial charge in [-0.2, -0.15) is 5.26 Å². The number of anilines is 3. The van der Waals surface area contributed by atoms with Gasteiger partial charge in [0.05, 0.1) is 22.8 Å². The third kappa shape index (κ3) is 3.21. The number of halogens is 2. The zero-order chi connectivity index (χ0) is 23.7. The third-order valence-electron chi connectivity index (χ3n) is 7.91. The molecule has 1 aliphatic carbocycles. The molecule has 1 amide bonds. The molecule has 8 nitrogen and oxygen atoms in total. The Balaban J connectivity index is 1.56. The zero-order valence-electron chi connectivity index (χ0n) is 19.2. The minimum absolute atomic E-state index is 0.0619. The van der Waals surface area contributed by atoms with Crippen LogP contribution in [0.1, 0.15) is 18.4 Å². The summed E-state index contributed by atoms with van der Waals surface area (Å²) < 4.78 is 16.1. The number of hydrogen-bond donors (Lipinski definition) is 2. The van der Waals surface area contributed by atoms with Crippen molar-refractivity contribution in [2.45, 2.75) is 37.4 Å². The molecule has 0 radical (unpaired) electrons. The average Bonchev–Trinajstić information content (AvgIpc) is 3.39. The number of amides is 1. The van der Waals surface area contributed by atoms with E-state index in [9.17, 15) is 4.79 Å². The molecule has 1 aromatic heterocycles. The quantitative estimate of drug-likeness (QED) is 0.617. The van der Waals surface area contributed by atoms with Crippen molar-refractivity contribution in [2.24, 2.45) is 5.92 Å². The number of nitrogens with zero attached hydrogens (tertiary/aromatic N) is 5. The summed E-state index contributed by atoms with van der Waals surface area (Å²) in [6.45, 7) is 2.74. The van der Waals surface area contributed by atoms with Gasteiger partial charge in [-0.25, -0.2) is 9.37 Å². The van der Waals surface area contributed by atoms with E-state index in [1.165, 1.54) is 0 Å². The first-order valence-corrected chi connectivity index (χ1v) is 12.6. The standard InChI is InChI=1S/C24H27BrFN7O/c1-31(2)14-9-32(10-14)24-21-23(33(11-17(34)29-21)22-13-7-16(22)28-8-13)15-6-12(4-3-5-27)18(25)19(26)20(15)30-24/h6,13-14,16,22,28H,3-4,7-11H2,1-2H3,(H,29,34). The second-order valence-electron chi connectivity index (χ2n) is 10.1. The Bertz CT molecular complexity index is 1220. The Morgan fingerprint density at radius 3 is 2.82 bits per heavy atom. The van der Waals surface area contributed by atoms with E-state index in [0.29, 0.717) is 57.7 Å². The van der Waals surface area contributed by atoms with Crippen LogP contribution >= 0.6 is 15.9 Å². The molecule has 7 rings (SSSR count). The van der Waals surface area contributed by atoms with Crippen LogP contribution in [-0.2, 0) is 11.2 Å². The van der Waals surface area contributed by atoms with Gasteiger partial charge >= 0.3 is 0 Å². The van der Waals surface area contributed by atoms with E-state index >= 15 is 4.39 Å². The number of nitriles is 1. The fourth-order valence-corrected chi connectivity index (χ4v) is 6.42. The smallest absolute Gasteiger partial charge is 0.244 e. The predicted molar refractivity (Wildman–Crippen MR) is 133 cm³/mol. The number of aromatic nitrogens is 1. The number of fused-ring (bicyclic) bond motifs is 4. The number of nitrogens with one attached hydrogen (secondary N) is 2. The molecule has 0 spiro atoms. The summed E-state index contributed by atoms with van der Waals surface area (Å²) in [5, 5.41) is 16.4.